The Bertz CT molecular complexity index is 921. The van der Waals surface area contributed by atoms with Crippen LogP contribution in [0.3, 0.4) is 0 Å². The topological polar surface area (TPSA) is 69.7 Å². The van der Waals surface area contributed by atoms with E-state index in [2.05, 4.69) is 10.3 Å². The summed E-state index contributed by atoms with van der Waals surface area (Å²) in [5.41, 5.74) is 2.35. The number of carbonyl (C=O) groups excluding carboxylic acids is 1. The standard InChI is InChI=1S/C23H24N2O4/c1-16(18-10-7-11-24-14-18)25-23(26)19-12-20(27-2)22(21(13-19)28-3)29-15-17-8-5-4-6-9-17/h4-14,16H,15H2,1-3H3,(H,25,26). The Balaban J connectivity index is 1.80. The van der Waals surface area contributed by atoms with Gasteiger partial charge in [-0.1, -0.05) is 36.4 Å². The second-order valence-electron chi connectivity index (χ2n) is 6.47. The van der Waals surface area contributed by atoms with E-state index in [-0.39, 0.29) is 11.9 Å². The number of hydrogen-bond acceptors (Lipinski definition) is 5. The molecule has 1 unspecified atom stereocenters. The summed E-state index contributed by atoms with van der Waals surface area (Å²) in [5, 5.41) is 2.96. The van der Waals surface area contributed by atoms with Gasteiger partial charge >= 0.3 is 0 Å². The highest BCUT2D eigenvalue weighted by Crippen LogP contribution is 2.39. The fourth-order valence-corrected chi connectivity index (χ4v) is 2.88. The zero-order valence-corrected chi connectivity index (χ0v) is 16.7. The monoisotopic (exact) mass is 392 g/mol. The smallest absolute Gasteiger partial charge is 0.252 e. The molecule has 0 spiro atoms. The third-order valence-electron chi connectivity index (χ3n) is 4.48. The fraction of sp³-hybridized carbons (Fsp3) is 0.217. The molecule has 0 fully saturated rings. The molecule has 6 nitrogen and oxygen atoms in total. The van der Waals surface area contributed by atoms with E-state index in [0.717, 1.165) is 11.1 Å². The maximum absolute atomic E-state index is 12.8. The number of nitrogens with zero attached hydrogens (tertiary/aromatic N) is 1. The van der Waals surface area contributed by atoms with Crippen LogP contribution >= 0.6 is 0 Å². The van der Waals surface area contributed by atoms with Crippen LogP contribution in [-0.4, -0.2) is 25.1 Å². The number of benzene rings is 2. The highest BCUT2D eigenvalue weighted by Gasteiger charge is 2.19. The lowest BCUT2D eigenvalue weighted by Crippen LogP contribution is -2.26. The quantitative estimate of drug-likeness (QED) is 0.623. The van der Waals surface area contributed by atoms with Crippen LogP contribution < -0.4 is 19.5 Å². The summed E-state index contributed by atoms with van der Waals surface area (Å²) in [7, 11) is 3.06. The van der Waals surface area contributed by atoms with Crippen molar-refractivity contribution in [2.45, 2.75) is 19.6 Å². The largest absolute Gasteiger partial charge is 0.493 e. The van der Waals surface area contributed by atoms with Gasteiger partial charge in [-0.3, -0.25) is 9.78 Å². The van der Waals surface area contributed by atoms with Crippen LogP contribution in [0, 0.1) is 0 Å². The number of ether oxygens (including phenoxy) is 3. The molecule has 0 aliphatic heterocycles. The van der Waals surface area contributed by atoms with E-state index >= 15 is 0 Å². The van der Waals surface area contributed by atoms with Gasteiger partial charge in [-0.25, -0.2) is 0 Å². The number of rotatable bonds is 8. The molecule has 29 heavy (non-hydrogen) atoms. The molecular weight excluding hydrogens is 368 g/mol. The summed E-state index contributed by atoms with van der Waals surface area (Å²) < 4.78 is 16.9. The first kappa shape index (κ1) is 20.2. The molecule has 0 saturated carbocycles. The van der Waals surface area contributed by atoms with Crippen LogP contribution in [0.25, 0.3) is 0 Å². The Kier molecular flexibility index (Phi) is 6.68. The highest BCUT2D eigenvalue weighted by molar-refractivity contribution is 5.95. The number of pyridine rings is 1. The van der Waals surface area contributed by atoms with Crippen molar-refractivity contribution in [1.29, 1.82) is 0 Å². The number of hydrogen-bond donors (Lipinski definition) is 1. The molecule has 6 heteroatoms. The number of nitrogens with one attached hydrogen (secondary N) is 1. The molecule has 3 aromatic rings. The zero-order chi connectivity index (χ0) is 20.6. The van der Waals surface area contributed by atoms with E-state index in [1.807, 2.05) is 49.4 Å². The lowest BCUT2D eigenvalue weighted by molar-refractivity contribution is 0.0939. The molecule has 0 radical (unpaired) electrons. The number of methoxy groups -OCH3 is 2. The Morgan fingerprint density at radius 3 is 2.31 bits per heavy atom. The fourth-order valence-electron chi connectivity index (χ4n) is 2.88. The molecule has 1 amide bonds. The molecule has 1 atom stereocenters. The first-order valence-electron chi connectivity index (χ1n) is 9.26. The van der Waals surface area contributed by atoms with E-state index in [1.54, 1.807) is 24.5 Å². The Hall–Kier alpha value is -3.54. The van der Waals surface area contributed by atoms with E-state index < -0.39 is 0 Å². The zero-order valence-electron chi connectivity index (χ0n) is 16.7. The van der Waals surface area contributed by atoms with Crippen molar-refractivity contribution in [2.75, 3.05) is 14.2 Å². The second-order valence-corrected chi connectivity index (χ2v) is 6.47. The first-order valence-corrected chi connectivity index (χ1v) is 9.26. The summed E-state index contributed by atoms with van der Waals surface area (Å²) in [4.78, 5) is 16.9. The minimum Gasteiger partial charge on any atom is -0.493 e. The normalized spacial score (nSPS) is 11.4. The molecule has 0 saturated heterocycles. The molecule has 0 aliphatic carbocycles. The maximum atomic E-state index is 12.8. The van der Waals surface area contributed by atoms with Gasteiger partial charge in [0.2, 0.25) is 5.75 Å². The van der Waals surface area contributed by atoms with Crippen molar-refractivity contribution >= 4 is 5.91 Å². The average Bonchev–Trinajstić information content (AvgIpc) is 2.78. The molecule has 150 valence electrons. The predicted molar refractivity (Wildman–Crippen MR) is 110 cm³/mol. The van der Waals surface area contributed by atoms with E-state index in [4.69, 9.17) is 14.2 Å². The van der Waals surface area contributed by atoms with Crippen LogP contribution in [-0.2, 0) is 6.61 Å². The second kappa shape index (κ2) is 9.59. The van der Waals surface area contributed by atoms with Crippen molar-refractivity contribution < 1.29 is 19.0 Å². The molecule has 1 aromatic heterocycles. The highest BCUT2D eigenvalue weighted by atomic mass is 16.5. The number of carbonyl (C=O) groups is 1. The van der Waals surface area contributed by atoms with Crippen LogP contribution in [0.4, 0.5) is 0 Å². The molecule has 3 rings (SSSR count). The van der Waals surface area contributed by atoms with Crippen molar-refractivity contribution in [2.24, 2.45) is 0 Å². The van der Waals surface area contributed by atoms with E-state index in [1.165, 1.54) is 14.2 Å². The molecule has 0 bridgehead atoms. The van der Waals surface area contributed by atoms with Gasteiger partial charge in [0.25, 0.3) is 5.91 Å². The van der Waals surface area contributed by atoms with E-state index in [9.17, 15) is 4.79 Å². The molecule has 1 N–H and O–H groups in total. The predicted octanol–water partition coefficient (Wildman–Crippen LogP) is 4.17. The summed E-state index contributed by atoms with van der Waals surface area (Å²) in [6.45, 7) is 2.26. The van der Waals surface area contributed by atoms with Gasteiger partial charge in [0, 0.05) is 18.0 Å². The molecule has 2 aromatic carbocycles. The Morgan fingerprint density at radius 1 is 1.03 bits per heavy atom. The van der Waals surface area contributed by atoms with Gasteiger partial charge < -0.3 is 19.5 Å². The van der Waals surface area contributed by atoms with Crippen LogP contribution in [0.5, 0.6) is 17.2 Å². The summed E-state index contributed by atoms with van der Waals surface area (Å²) in [6.07, 6.45) is 3.43. The summed E-state index contributed by atoms with van der Waals surface area (Å²) >= 11 is 0. The Morgan fingerprint density at radius 2 is 1.72 bits per heavy atom. The van der Waals surface area contributed by atoms with E-state index in [0.29, 0.717) is 29.4 Å². The SMILES string of the molecule is COc1cc(C(=O)NC(C)c2cccnc2)cc(OC)c1OCc1ccccc1. The molecular formula is C23H24N2O4. The lowest BCUT2D eigenvalue weighted by Gasteiger charge is -2.18. The van der Waals surface area contributed by atoms with Crippen molar-refractivity contribution in [3.8, 4) is 17.2 Å². The number of aromatic nitrogens is 1. The van der Waals surface area contributed by atoms with Gasteiger partial charge in [-0.15, -0.1) is 0 Å². The molecule has 0 aliphatic rings. The van der Waals surface area contributed by atoms with Crippen LogP contribution in [0.2, 0.25) is 0 Å². The van der Waals surface area contributed by atoms with Crippen LogP contribution in [0.15, 0.2) is 67.0 Å². The van der Waals surface area contributed by atoms with Gasteiger partial charge in [-0.05, 0) is 36.2 Å². The third kappa shape index (κ3) is 5.04. The van der Waals surface area contributed by atoms with Crippen LogP contribution in [0.1, 0.15) is 34.5 Å². The number of amides is 1. The molecule has 1 heterocycles. The average molecular weight is 392 g/mol. The third-order valence-corrected chi connectivity index (χ3v) is 4.48. The van der Waals surface area contributed by atoms with Gasteiger partial charge in [0.1, 0.15) is 6.61 Å². The Labute approximate surface area is 170 Å². The summed E-state index contributed by atoms with van der Waals surface area (Å²) in [6, 6.07) is 16.6. The van der Waals surface area contributed by atoms with Gasteiger partial charge in [0.15, 0.2) is 11.5 Å². The van der Waals surface area contributed by atoms with Gasteiger partial charge in [-0.2, -0.15) is 0 Å². The maximum Gasteiger partial charge on any atom is 0.252 e. The first-order chi connectivity index (χ1) is 14.1. The van der Waals surface area contributed by atoms with Crippen molar-refractivity contribution in [3.63, 3.8) is 0 Å². The van der Waals surface area contributed by atoms with Crippen molar-refractivity contribution in [3.05, 3.63) is 83.7 Å². The minimum absolute atomic E-state index is 0.192. The minimum atomic E-state index is -0.243. The lowest BCUT2D eigenvalue weighted by atomic mass is 10.1. The van der Waals surface area contributed by atoms with Gasteiger partial charge in [0.05, 0.1) is 20.3 Å². The summed E-state index contributed by atoms with van der Waals surface area (Å²) in [5.74, 6) is 1.07. The van der Waals surface area contributed by atoms with Crippen molar-refractivity contribution in [1.82, 2.24) is 10.3 Å².